The van der Waals surface area contributed by atoms with Crippen LogP contribution < -0.4 is 0 Å². The fraction of sp³-hybridized carbons (Fsp3) is 0.720. The van der Waals surface area contributed by atoms with E-state index in [2.05, 4.69) is 11.7 Å². The van der Waals surface area contributed by atoms with Crippen molar-refractivity contribution in [2.45, 2.75) is 89.9 Å². The molecule has 188 valence electrons. The Balaban J connectivity index is 2.32. The molecule has 1 saturated carbocycles. The monoisotopic (exact) mass is 468 g/mol. The maximum atomic E-state index is 12.3. The van der Waals surface area contributed by atoms with Crippen LogP contribution >= 0.6 is 0 Å². The van der Waals surface area contributed by atoms with E-state index in [4.69, 9.17) is 4.74 Å². The smallest absolute Gasteiger partial charge is 0.305 e. The number of hydrogen-bond acceptors (Lipinski definition) is 8. The molecule has 0 aromatic rings. The van der Waals surface area contributed by atoms with E-state index in [-0.39, 0.29) is 43.7 Å². The molecular weight excluding hydrogens is 428 g/mol. The number of rotatable bonds is 16. The molecule has 1 aliphatic rings. The van der Waals surface area contributed by atoms with Crippen LogP contribution in [0.25, 0.3) is 0 Å². The summed E-state index contributed by atoms with van der Waals surface area (Å²) in [6.45, 7) is 2.90. The number of esters is 2. The van der Waals surface area contributed by atoms with E-state index in [9.17, 15) is 29.7 Å². The number of allylic oxidation sites excluding steroid dienone is 3. The number of hydrogen-bond donors (Lipinski definition) is 3. The van der Waals surface area contributed by atoms with Gasteiger partial charge in [0, 0.05) is 31.6 Å². The van der Waals surface area contributed by atoms with E-state index < -0.39 is 30.3 Å². The van der Waals surface area contributed by atoms with Gasteiger partial charge in [0.05, 0.1) is 12.2 Å². The predicted octanol–water partition coefficient (Wildman–Crippen LogP) is 2.63. The molecule has 1 rings (SSSR count). The van der Waals surface area contributed by atoms with Gasteiger partial charge in [0.2, 0.25) is 0 Å². The summed E-state index contributed by atoms with van der Waals surface area (Å²) in [4.78, 5) is 34.6. The van der Waals surface area contributed by atoms with Crippen molar-refractivity contribution in [2.75, 3.05) is 13.2 Å². The van der Waals surface area contributed by atoms with Crippen LogP contribution in [0.1, 0.15) is 71.6 Å². The summed E-state index contributed by atoms with van der Waals surface area (Å²) < 4.78 is 9.56. The summed E-state index contributed by atoms with van der Waals surface area (Å²) in [6, 6.07) is 0. The Morgan fingerprint density at radius 3 is 2.55 bits per heavy atom. The van der Waals surface area contributed by atoms with Gasteiger partial charge in [-0.25, -0.2) is 0 Å². The fourth-order valence-electron chi connectivity index (χ4n) is 3.73. The van der Waals surface area contributed by atoms with Gasteiger partial charge >= 0.3 is 11.9 Å². The Labute approximate surface area is 196 Å². The molecule has 1 aliphatic carbocycles. The molecule has 0 radical (unpaired) electrons. The molecule has 1 fully saturated rings. The maximum absolute atomic E-state index is 12.3. The van der Waals surface area contributed by atoms with Gasteiger partial charge < -0.3 is 24.8 Å². The minimum absolute atomic E-state index is 0.00320. The molecule has 0 aromatic heterocycles. The number of Topliss-reactive ketones (excluding diaryl/α,β-unsaturated/α-hetero) is 1. The molecule has 0 amide bonds. The standard InChI is InChI=1S/C25H40O8/c1-3-4-7-10-19(27)13-14-22-21(23(29)15-24(22)30)11-8-5-6-9-12-25(31)33-17-20(28)16-32-18(2)26/h5,8,13-14,19-23,27-29H,3-4,6-7,9-12,15-17H2,1-2H3/b8-5-,14-13+/t19-,20-,21+,22+,23-/m0/s1. The van der Waals surface area contributed by atoms with Gasteiger partial charge in [0.1, 0.15) is 25.1 Å². The lowest BCUT2D eigenvalue weighted by Crippen LogP contribution is -2.24. The van der Waals surface area contributed by atoms with E-state index in [0.29, 0.717) is 25.7 Å². The van der Waals surface area contributed by atoms with Crippen molar-refractivity contribution in [1.82, 2.24) is 0 Å². The molecule has 8 heteroatoms. The van der Waals surface area contributed by atoms with Crippen molar-refractivity contribution in [3.8, 4) is 0 Å². The third-order valence-electron chi connectivity index (χ3n) is 5.62. The van der Waals surface area contributed by atoms with Gasteiger partial charge in [-0.15, -0.1) is 0 Å². The molecule has 3 N–H and O–H groups in total. The van der Waals surface area contributed by atoms with Crippen LogP contribution in [-0.4, -0.2) is 64.6 Å². The molecule has 0 unspecified atom stereocenters. The molecule has 5 atom stereocenters. The van der Waals surface area contributed by atoms with Crippen molar-refractivity contribution < 1.29 is 39.2 Å². The zero-order valence-electron chi connectivity index (χ0n) is 19.9. The number of carbonyl (C=O) groups excluding carboxylic acids is 3. The van der Waals surface area contributed by atoms with Gasteiger partial charge in [0.15, 0.2) is 0 Å². The number of ether oxygens (including phenoxy) is 2. The van der Waals surface area contributed by atoms with Crippen LogP contribution in [0.15, 0.2) is 24.3 Å². The van der Waals surface area contributed by atoms with Crippen molar-refractivity contribution in [3.05, 3.63) is 24.3 Å². The fourth-order valence-corrected chi connectivity index (χ4v) is 3.73. The largest absolute Gasteiger partial charge is 0.463 e. The van der Waals surface area contributed by atoms with Gasteiger partial charge in [-0.05, 0) is 25.7 Å². The van der Waals surface area contributed by atoms with E-state index in [0.717, 1.165) is 19.3 Å². The van der Waals surface area contributed by atoms with Crippen LogP contribution in [0.5, 0.6) is 0 Å². The van der Waals surface area contributed by atoms with Gasteiger partial charge in [-0.1, -0.05) is 50.5 Å². The first kappa shape index (κ1) is 29.0. The Hall–Kier alpha value is -2.03. The number of carbonyl (C=O) groups is 3. The Morgan fingerprint density at radius 2 is 1.85 bits per heavy atom. The predicted molar refractivity (Wildman–Crippen MR) is 123 cm³/mol. The van der Waals surface area contributed by atoms with E-state index in [1.54, 1.807) is 12.2 Å². The first-order chi connectivity index (χ1) is 15.7. The second-order valence-corrected chi connectivity index (χ2v) is 8.61. The van der Waals surface area contributed by atoms with Crippen LogP contribution in [0.3, 0.4) is 0 Å². The summed E-state index contributed by atoms with van der Waals surface area (Å²) >= 11 is 0. The molecule has 0 saturated heterocycles. The van der Waals surface area contributed by atoms with Gasteiger partial charge in [-0.2, -0.15) is 0 Å². The Kier molecular flexibility index (Phi) is 14.6. The highest BCUT2D eigenvalue weighted by Crippen LogP contribution is 2.33. The third kappa shape index (κ3) is 12.7. The zero-order valence-corrected chi connectivity index (χ0v) is 19.9. The second-order valence-electron chi connectivity index (χ2n) is 8.61. The van der Waals surface area contributed by atoms with Crippen molar-refractivity contribution in [3.63, 3.8) is 0 Å². The lowest BCUT2D eigenvalue weighted by atomic mass is 9.90. The summed E-state index contributed by atoms with van der Waals surface area (Å²) in [5.74, 6) is -1.55. The topological polar surface area (TPSA) is 130 Å². The van der Waals surface area contributed by atoms with Crippen LogP contribution in [0.2, 0.25) is 0 Å². The highest BCUT2D eigenvalue weighted by Gasteiger charge is 2.39. The summed E-state index contributed by atoms with van der Waals surface area (Å²) in [6.07, 6.45) is 10.8. The number of aliphatic hydroxyl groups is 3. The number of ketones is 1. The Bertz CT molecular complexity index is 657. The second kappa shape index (κ2) is 16.6. The van der Waals surface area contributed by atoms with Gasteiger partial charge in [0.25, 0.3) is 0 Å². The summed E-state index contributed by atoms with van der Waals surface area (Å²) in [5, 5.41) is 29.9. The van der Waals surface area contributed by atoms with Crippen molar-refractivity contribution in [2.24, 2.45) is 11.8 Å². The van der Waals surface area contributed by atoms with Crippen molar-refractivity contribution >= 4 is 17.7 Å². The first-order valence-electron chi connectivity index (χ1n) is 11.9. The molecule has 0 bridgehead atoms. The third-order valence-corrected chi connectivity index (χ3v) is 5.62. The SMILES string of the molecule is CCCCC[C@H](O)/C=C/[C@H]1C(=O)C[C@H](O)[C@@H]1C/C=C\CCCC(=O)OC[C@@H](O)COC(C)=O. The summed E-state index contributed by atoms with van der Waals surface area (Å²) in [7, 11) is 0. The molecule has 0 spiro atoms. The van der Waals surface area contributed by atoms with Crippen LogP contribution in [0.4, 0.5) is 0 Å². The zero-order chi connectivity index (χ0) is 24.6. The Morgan fingerprint density at radius 1 is 1.12 bits per heavy atom. The van der Waals surface area contributed by atoms with Crippen LogP contribution in [-0.2, 0) is 23.9 Å². The van der Waals surface area contributed by atoms with Crippen molar-refractivity contribution in [1.29, 1.82) is 0 Å². The average molecular weight is 469 g/mol. The normalized spacial score (nSPS) is 22.7. The average Bonchev–Trinajstić information content (AvgIpc) is 3.03. The lowest BCUT2D eigenvalue weighted by Gasteiger charge is -2.17. The highest BCUT2D eigenvalue weighted by molar-refractivity contribution is 5.86. The highest BCUT2D eigenvalue weighted by atomic mass is 16.6. The minimum Gasteiger partial charge on any atom is -0.463 e. The minimum atomic E-state index is -1.04. The maximum Gasteiger partial charge on any atom is 0.305 e. The molecular formula is C25H40O8. The first-order valence-corrected chi connectivity index (χ1v) is 11.9. The molecule has 0 heterocycles. The van der Waals surface area contributed by atoms with E-state index >= 15 is 0 Å². The quantitative estimate of drug-likeness (QED) is 0.179. The number of unbranched alkanes of at least 4 members (excludes halogenated alkanes) is 3. The van der Waals surface area contributed by atoms with Crippen LogP contribution in [0, 0.1) is 11.8 Å². The van der Waals surface area contributed by atoms with E-state index in [1.165, 1.54) is 6.92 Å². The molecule has 0 aliphatic heterocycles. The molecule has 0 aromatic carbocycles. The summed E-state index contributed by atoms with van der Waals surface area (Å²) in [5.41, 5.74) is 0. The van der Waals surface area contributed by atoms with Gasteiger partial charge in [-0.3, -0.25) is 14.4 Å². The number of aliphatic hydroxyl groups excluding tert-OH is 3. The molecule has 33 heavy (non-hydrogen) atoms. The molecule has 8 nitrogen and oxygen atoms in total. The lowest BCUT2D eigenvalue weighted by molar-refractivity contribution is -0.151. The van der Waals surface area contributed by atoms with E-state index in [1.807, 2.05) is 12.2 Å².